The van der Waals surface area contributed by atoms with Crippen molar-refractivity contribution in [3.63, 3.8) is 0 Å². The van der Waals surface area contributed by atoms with Gasteiger partial charge in [-0.25, -0.2) is 14.4 Å². The van der Waals surface area contributed by atoms with Crippen LogP contribution >= 0.6 is 11.8 Å². The van der Waals surface area contributed by atoms with Crippen LogP contribution in [-0.4, -0.2) is 9.97 Å². The Hall–Kier alpha value is -2.13. The van der Waals surface area contributed by atoms with Gasteiger partial charge in [-0.15, -0.1) is 0 Å². The number of hydrogen-bond acceptors (Lipinski definition) is 5. The number of nitrogen functional groups attached to an aromatic ring is 1. The Morgan fingerprint density at radius 2 is 2.00 bits per heavy atom. The molecule has 1 aromatic heterocycles. The van der Waals surface area contributed by atoms with E-state index < -0.39 is 0 Å². The number of thioether (sulfide) groups is 1. The van der Waals surface area contributed by atoms with E-state index in [1.807, 2.05) is 6.92 Å². The molecule has 4 nitrogen and oxygen atoms in total. The van der Waals surface area contributed by atoms with Crippen molar-refractivity contribution in [1.29, 1.82) is 5.26 Å². The molecule has 0 aliphatic heterocycles. The van der Waals surface area contributed by atoms with Crippen LogP contribution in [0.2, 0.25) is 0 Å². The van der Waals surface area contributed by atoms with Crippen molar-refractivity contribution in [3.8, 4) is 6.07 Å². The van der Waals surface area contributed by atoms with Gasteiger partial charge in [-0.3, -0.25) is 0 Å². The summed E-state index contributed by atoms with van der Waals surface area (Å²) in [4.78, 5) is 8.55. The Kier molecular flexibility index (Phi) is 5.12. The van der Waals surface area contributed by atoms with E-state index in [4.69, 9.17) is 11.0 Å². The largest absolute Gasteiger partial charge is 0.382 e. The highest BCUT2D eigenvalue weighted by atomic mass is 32.2. The van der Waals surface area contributed by atoms with E-state index >= 15 is 0 Å². The second kappa shape index (κ2) is 7.04. The van der Waals surface area contributed by atoms with Crippen LogP contribution in [0.1, 0.15) is 30.2 Å². The molecule has 21 heavy (non-hydrogen) atoms. The average Bonchev–Trinajstić information content (AvgIpc) is 2.47. The van der Waals surface area contributed by atoms with Crippen LogP contribution in [0.15, 0.2) is 29.4 Å². The number of rotatable bonds is 5. The fraction of sp³-hybridized carbons (Fsp3) is 0.267. The lowest BCUT2D eigenvalue weighted by Gasteiger charge is -2.07. The van der Waals surface area contributed by atoms with Crippen molar-refractivity contribution < 1.29 is 4.39 Å². The molecule has 6 heteroatoms. The quantitative estimate of drug-likeness (QED) is 0.677. The summed E-state index contributed by atoms with van der Waals surface area (Å²) >= 11 is 1.42. The number of nitrogens with zero attached hydrogens (tertiary/aromatic N) is 3. The normalized spacial score (nSPS) is 10.3. The molecule has 2 aromatic rings. The first-order valence-corrected chi connectivity index (χ1v) is 7.56. The second-order valence-electron chi connectivity index (χ2n) is 4.49. The summed E-state index contributed by atoms with van der Waals surface area (Å²) in [6.07, 6.45) is 1.58. The van der Waals surface area contributed by atoms with E-state index in [0.29, 0.717) is 28.6 Å². The zero-order valence-corrected chi connectivity index (χ0v) is 12.5. The first-order chi connectivity index (χ1) is 10.1. The van der Waals surface area contributed by atoms with Crippen molar-refractivity contribution in [3.05, 3.63) is 46.9 Å². The lowest BCUT2D eigenvalue weighted by atomic mass is 10.1. The summed E-state index contributed by atoms with van der Waals surface area (Å²) in [6, 6.07) is 8.35. The summed E-state index contributed by atoms with van der Waals surface area (Å²) in [6.45, 7) is 2.02. The van der Waals surface area contributed by atoms with Crippen LogP contribution in [0.4, 0.5) is 10.2 Å². The molecule has 0 spiro atoms. The average molecular weight is 302 g/mol. The SMILES string of the molecule is CCCc1nc(SCc2ccc(F)cc2)nc(N)c1C#N. The summed E-state index contributed by atoms with van der Waals surface area (Å²) in [7, 11) is 0. The van der Waals surface area contributed by atoms with Crippen LogP contribution in [0.25, 0.3) is 0 Å². The highest BCUT2D eigenvalue weighted by Gasteiger charge is 2.12. The molecule has 2 N–H and O–H groups in total. The van der Waals surface area contributed by atoms with Crippen LogP contribution in [0, 0.1) is 17.1 Å². The first-order valence-electron chi connectivity index (χ1n) is 6.57. The molecule has 108 valence electrons. The maximum absolute atomic E-state index is 12.8. The molecule has 0 unspecified atom stereocenters. The van der Waals surface area contributed by atoms with E-state index in [1.165, 1.54) is 23.9 Å². The fourth-order valence-corrected chi connectivity index (χ4v) is 2.66. The molecule has 0 amide bonds. The number of aromatic nitrogens is 2. The van der Waals surface area contributed by atoms with Gasteiger partial charge in [-0.2, -0.15) is 5.26 Å². The Balaban J connectivity index is 2.16. The molecule has 0 bridgehead atoms. The molecule has 0 saturated carbocycles. The Labute approximate surface area is 127 Å². The number of nitriles is 1. The molecule has 0 radical (unpaired) electrons. The summed E-state index contributed by atoms with van der Waals surface area (Å²) < 4.78 is 12.8. The van der Waals surface area contributed by atoms with Crippen molar-refractivity contribution in [1.82, 2.24) is 9.97 Å². The standard InChI is InChI=1S/C15H15FN4S/c1-2-3-13-12(8-17)14(18)20-15(19-13)21-9-10-4-6-11(16)7-5-10/h4-7H,2-3,9H2,1H3,(H2,18,19,20). The molecular weight excluding hydrogens is 287 g/mol. The minimum absolute atomic E-state index is 0.220. The van der Waals surface area contributed by atoms with Gasteiger partial charge in [0.25, 0.3) is 0 Å². The Morgan fingerprint density at radius 3 is 2.62 bits per heavy atom. The van der Waals surface area contributed by atoms with E-state index in [-0.39, 0.29) is 11.6 Å². The summed E-state index contributed by atoms with van der Waals surface area (Å²) in [5.41, 5.74) is 7.84. The van der Waals surface area contributed by atoms with Gasteiger partial charge in [0.05, 0.1) is 5.69 Å². The van der Waals surface area contributed by atoms with E-state index in [2.05, 4.69) is 16.0 Å². The van der Waals surface area contributed by atoms with Gasteiger partial charge >= 0.3 is 0 Å². The number of hydrogen-bond donors (Lipinski definition) is 1. The number of benzene rings is 1. The summed E-state index contributed by atoms with van der Waals surface area (Å²) in [5.74, 6) is 0.586. The molecule has 0 saturated heterocycles. The smallest absolute Gasteiger partial charge is 0.190 e. The van der Waals surface area contributed by atoms with Crippen molar-refractivity contribution in [2.24, 2.45) is 0 Å². The van der Waals surface area contributed by atoms with Gasteiger partial charge in [0.15, 0.2) is 5.16 Å². The van der Waals surface area contributed by atoms with Gasteiger partial charge in [-0.05, 0) is 24.1 Å². The van der Waals surface area contributed by atoms with Gasteiger partial charge in [0.2, 0.25) is 0 Å². The molecule has 0 aliphatic carbocycles. The first kappa shape index (κ1) is 15.3. The third-order valence-electron chi connectivity index (χ3n) is 2.87. The fourth-order valence-electron chi connectivity index (χ4n) is 1.84. The minimum atomic E-state index is -0.257. The number of nitrogens with two attached hydrogens (primary N) is 1. The van der Waals surface area contributed by atoms with Crippen LogP contribution in [-0.2, 0) is 12.2 Å². The molecule has 1 heterocycles. The van der Waals surface area contributed by atoms with Crippen molar-refractivity contribution in [2.75, 3.05) is 5.73 Å². The highest BCUT2D eigenvalue weighted by Crippen LogP contribution is 2.23. The summed E-state index contributed by atoms with van der Waals surface area (Å²) in [5, 5.41) is 9.64. The van der Waals surface area contributed by atoms with Gasteiger partial charge in [-0.1, -0.05) is 37.2 Å². The second-order valence-corrected chi connectivity index (χ2v) is 5.43. The molecule has 0 atom stereocenters. The maximum Gasteiger partial charge on any atom is 0.190 e. The predicted octanol–water partition coefficient (Wildman–Crippen LogP) is 3.31. The highest BCUT2D eigenvalue weighted by molar-refractivity contribution is 7.98. The molecule has 0 aliphatic rings. The van der Waals surface area contributed by atoms with Gasteiger partial charge in [0.1, 0.15) is 23.3 Å². The third-order valence-corrected chi connectivity index (χ3v) is 3.79. The van der Waals surface area contributed by atoms with Crippen LogP contribution in [0.5, 0.6) is 0 Å². The molecule has 1 aromatic carbocycles. The predicted molar refractivity (Wildman–Crippen MR) is 81.1 cm³/mol. The van der Waals surface area contributed by atoms with Gasteiger partial charge < -0.3 is 5.73 Å². The molecule has 0 fully saturated rings. The zero-order valence-electron chi connectivity index (χ0n) is 11.6. The van der Waals surface area contributed by atoms with Crippen molar-refractivity contribution in [2.45, 2.75) is 30.7 Å². The zero-order chi connectivity index (χ0) is 15.2. The molecular formula is C15H15FN4S. The monoisotopic (exact) mass is 302 g/mol. The third kappa shape index (κ3) is 3.92. The number of anilines is 1. The van der Waals surface area contributed by atoms with Crippen LogP contribution in [0.3, 0.4) is 0 Å². The molecule has 2 rings (SSSR count). The minimum Gasteiger partial charge on any atom is -0.382 e. The van der Waals surface area contributed by atoms with Crippen LogP contribution < -0.4 is 5.73 Å². The van der Waals surface area contributed by atoms with Crippen molar-refractivity contribution >= 4 is 17.6 Å². The Morgan fingerprint density at radius 1 is 1.29 bits per heavy atom. The number of aryl methyl sites for hydroxylation is 1. The van der Waals surface area contributed by atoms with Gasteiger partial charge in [0, 0.05) is 5.75 Å². The Bertz CT molecular complexity index is 665. The lowest BCUT2D eigenvalue weighted by molar-refractivity contribution is 0.627. The van der Waals surface area contributed by atoms with E-state index in [0.717, 1.165) is 12.0 Å². The topological polar surface area (TPSA) is 75.6 Å². The number of halogens is 1. The van der Waals surface area contributed by atoms with E-state index in [9.17, 15) is 4.39 Å². The van der Waals surface area contributed by atoms with E-state index in [1.54, 1.807) is 12.1 Å². The maximum atomic E-state index is 12.8. The lowest BCUT2D eigenvalue weighted by Crippen LogP contribution is -2.05.